The lowest BCUT2D eigenvalue weighted by atomic mass is 10.2. The normalized spacial score (nSPS) is 16.4. The van der Waals surface area contributed by atoms with Crippen LogP contribution in [0.1, 0.15) is 12.1 Å². The van der Waals surface area contributed by atoms with E-state index in [-0.39, 0.29) is 0 Å². The zero-order valence-corrected chi connectivity index (χ0v) is 15.7. The van der Waals surface area contributed by atoms with E-state index in [0.717, 1.165) is 67.4 Å². The second-order valence-electron chi connectivity index (χ2n) is 6.67. The van der Waals surface area contributed by atoms with Crippen molar-refractivity contribution in [2.45, 2.75) is 19.5 Å². The van der Waals surface area contributed by atoms with Gasteiger partial charge in [-0.15, -0.1) is 11.3 Å². The fraction of sp³-hybridized carbons (Fsp3) is 0.316. The molecule has 0 saturated carbocycles. The van der Waals surface area contributed by atoms with E-state index < -0.39 is 0 Å². The van der Waals surface area contributed by atoms with Crippen molar-refractivity contribution in [1.29, 1.82) is 0 Å². The van der Waals surface area contributed by atoms with E-state index in [1.807, 2.05) is 11.4 Å². The van der Waals surface area contributed by atoms with Crippen molar-refractivity contribution in [1.82, 2.24) is 19.9 Å². The second-order valence-corrected chi connectivity index (χ2v) is 7.53. The lowest BCUT2D eigenvalue weighted by Gasteiger charge is -2.29. The van der Waals surface area contributed by atoms with Gasteiger partial charge in [0.1, 0.15) is 11.5 Å². The lowest BCUT2D eigenvalue weighted by molar-refractivity contribution is 0.568. The topological polar surface area (TPSA) is 70.4 Å². The van der Waals surface area contributed by atoms with Gasteiger partial charge in [0, 0.05) is 43.4 Å². The van der Waals surface area contributed by atoms with Crippen LogP contribution in [-0.2, 0) is 13.1 Å². The molecule has 0 fully saturated rings. The van der Waals surface area contributed by atoms with Gasteiger partial charge in [0.2, 0.25) is 0 Å². The molecule has 0 atom stereocenters. The third-order valence-electron chi connectivity index (χ3n) is 4.83. The summed E-state index contributed by atoms with van der Waals surface area (Å²) in [5.74, 6) is 1.81. The van der Waals surface area contributed by atoms with E-state index in [2.05, 4.69) is 60.5 Å². The van der Waals surface area contributed by atoms with Crippen LogP contribution in [0.3, 0.4) is 0 Å². The number of thiazole rings is 1. The molecule has 0 spiro atoms. The number of aliphatic imine (C=N–C) groups is 1. The number of aromatic nitrogens is 3. The summed E-state index contributed by atoms with van der Waals surface area (Å²) < 4.78 is 2.31. The van der Waals surface area contributed by atoms with Crippen molar-refractivity contribution in [3.63, 3.8) is 0 Å². The molecule has 7 nitrogen and oxygen atoms in total. The maximum atomic E-state index is 4.87. The lowest BCUT2D eigenvalue weighted by Crippen LogP contribution is -2.35. The molecule has 0 amide bonds. The highest BCUT2D eigenvalue weighted by atomic mass is 32.1. The van der Waals surface area contributed by atoms with Crippen molar-refractivity contribution in [2.75, 3.05) is 29.9 Å². The molecule has 138 valence electrons. The molecule has 0 bridgehead atoms. The largest absolute Gasteiger partial charge is 0.356 e. The molecule has 5 rings (SSSR count). The van der Waals surface area contributed by atoms with Crippen LogP contribution in [-0.4, -0.2) is 40.1 Å². The van der Waals surface area contributed by atoms with E-state index in [9.17, 15) is 0 Å². The third-order valence-corrected chi connectivity index (χ3v) is 5.59. The van der Waals surface area contributed by atoms with Crippen LogP contribution in [0.2, 0.25) is 0 Å². The highest BCUT2D eigenvalue weighted by Crippen LogP contribution is 2.26. The molecule has 27 heavy (non-hydrogen) atoms. The minimum atomic E-state index is 0.806. The molecule has 2 aliphatic rings. The Labute approximate surface area is 161 Å². The van der Waals surface area contributed by atoms with Crippen LogP contribution >= 0.6 is 11.3 Å². The molecule has 8 heteroatoms. The number of nitrogens with zero attached hydrogens (tertiary/aromatic N) is 5. The van der Waals surface area contributed by atoms with Crippen LogP contribution in [0.15, 0.2) is 46.9 Å². The zero-order chi connectivity index (χ0) is 18.1. The summed E-state index contributed by atoms with van der Waals surface area (Å²) in [7, 11) is 0. The first-order valence-corrected chi connectivity index (χ1v) is 10.1. The standard InChI is InChI=1S/C19H21N7S/c1-5-15(16-13-27-19(23-16)24-18-20-7-3-8-21-18)22-17(6-1)26-11-10-25-9-2-4-14(25)12-26/h1-2,4-6,9,13H,3,7-8,10-12H2,(H2,20,21,23,24). The Morgan fingerprint density at radius 1 is 1.07 bits per heavy atom. The van der Waals surface area contributed by atoms with Gasteiger partial charge in [-0.2, -0.15) is 0 Å². The monoisotopic (exact) mass is 379 g/mol. The van der Waals surface area contributed by atoms with E-state index in [1.54, 1.807) is 11.3 Å². The minimum absolute atomic E-state index is 0.806. The molecule has 3 aromatic rings. The molecular weight excluding hydrogens is 358 g/mol. The van der Waals surface area contributed by atoms with Crippen LogP contribution in [0.5, 0.6) is 0 Å². The molecule has 0 unspecified atom stereocenters. The van der Waals surface area contributed by atoms with Gasteiger partial charge >= 0.3 is 0 Å². The van der Waals surface area contributed by atoms with Gasteiger partial charge in [-0.25, -0.2) is 9.97 Å². The highest BCUT2D eigenvalue weighted by Gasteiger charge is 2.17. The number of guanidine groups is 1. The van der Waals surface area contributed by atoms with Crippen LogP contribution < -0.4 is 15.5 Å². The zero-order valence-electron chi connectivity index (χ0n) is 14.9. The van der Waals surface area contributed by atoms with Gasteiger partial charge in [0.25, 0.3) is 0 Å². The first kappa shape index (κ1) is 16.3. The molecule has 2 N–H and O–H groups in total. The SMILES string of the molecule is c1cc(-c2csc(NC3=NCCCN3)n2)nc(N2CCn3cccc3C2)c1. The summed E-state index contributed by atoms with van der Waals surface area (Å²) in [6.45, 7) is 4.66. The summed E-state index contributed by atoms with van der Waals surface area (Å²) in [4.78, 5) is 16.3. The average Bonchev–Trinajstić information content (AvgIpc) is 3.38. The van der Waals surface area contributed by atoms with Gasteiger partial charge in [-0.3, -0.25) is 4.99 Å². The van der Waals surface area contributed by atoms with E-state index >= 15 is 0 Å². The summed E-state index contributed by atoms with van der Waals surface area (Å²) >= 11 is 1.57. The Kier molecular flexibility index (Phi) is 4.25. The maximum absolute atomic E-state index is 4.87. The van der Waals surface area contributed by atoms with Crippen LogP contribution in [0, 0.1) is 0 Å². The van der Waals surface area contributed by atoms with Crippen molar-refractivity contribution in [3.05, 3.63) is 47.6 Å². The number of hydrogen-bond acceptors (Lipinski definition) is 7. The number of nitrogens with one attached hydrogen (secondary N) is 2. The smallest absolute Gasteiger partial charge is 0.197 e. The van der Waals surface area contributed by atoms with Crippen LogP contribution in [0.25, 0.3) is 11.4 Å². The summed E-state index contributed by atoms with van der Waals surface area (Å²) in [6.07, 6.45) is 3.22. The Morgan fingerprint density at radius 2 is 2.07 bits per heavy atom. The minimum Gasteiger partial charge on any atom is -0.356 e. The molecule has 5 heterocycles. The number of rotatable bonds is 3. The summed E-state index contributed by atoms with van der Waals surface area (Å²) in [5, 5.41) is 9.39. The number of pyridine rings is 1. The van der Waals surface area contributed by atoms with Crippen LogP contribution in [0.4, 0.5) is 10.9 Å². The molecule has 2 aliphatic heterocycles. The maximum Gasteiger partial charge on any atom is 0.197 e. The number of hydrogen-bond donors (Lipinski definition) is 2. The molecule has 3 aromatic heterocycles. The average molecular weight is 379 g/mol. The molecule has 0 aromatic carbocycles. The predicted octanol–water partition coefficient (Wildman–Crippen LogP) is 2.79. The van der Waals surface area contributed by atoms with Crippen molar-refractivity contribution in [2.24, 2.45) is 4.99 Å². The summed E-state index contributed by atoms with van der Waals surface area (Å²) in [5.41, 5.74) is 3.12. The third kappa shape index (κ3) is 3.40. The Morgan fingerprint density at radius 3 is 3.00 bits per heavy atom. The highest BCUT2D eigenvalue weighted by molar-refractivity contribution is 7.14. The van der Waals surface area contributed by atoms with Gasteiger partial charge in [0.05, 0.1) is 12.2 Å². The first-order valence-electron chi connectivity index (χ1n) is 9.22. The number of anilines is 2. The van der Waals surface area contributed by atoms with Gasteiger partial charge in [0.15, 0.2) is 11.1 Å². The predicted molar refractivity (Wildman–Crippen MR) is 109 cm³/mol. The number of fused-ring (bicyclic) bond motifs is 1. The summed E-state index contributed by atoms with van der Waals surface area (Å²) in [6, 6.07) is 10.4. The molecule has 0 saturated heterocycles. The van der Waals surface area contributed by atoms with E-state index in [4.69, 9.17) is 4.98 Å². The van der Waals surface area contributed by atoms with Gasteiger partial charge in [-0.1, -0.05) is 6.07 Å². The fourth-order valence-corrected chi connectivity index (χ4v) is 4.12. The Bertz CT molecular complexity index is 974. The van der Waals surface area contributed by atoms with Crippen molar-refractivity contribution < 1.29 is 0 Å². The molecule has 0 aliphatic carbocycles. The fourth-order valence-electron chi connectivity index (χ4n) is 3.42. The quantitative estimate of drug-likeness (QED) is 0.732. The first-order chi connectivity index (χ1) is 13.3. The van der Waals surface area contributed by atoms with Gasteiger partial charge in [-0.05, 0) is 30.7 Å². The van der Waals surface area contributed by atoms with E-state index in [1.165, 1.54) is 5.69 Å². The van der Waals surface area contributed by atoms with E-state index in [0.29, 0.717) is 0 Å². The second kappa shape index (κ2) is 7.03. The molecular formula is C19H21N7S. The van der Waals surface area contributed by atoms with Crippen molar-refractivity contribution >= 4 is 28.2 Å². The Hall–Kier alpha value is -2.87. The molecule has 0 radical (unpaired) electrons. The van der Waals surface area contributed by atoms with Gasteiger partial charge < -0.3 is 20.1 Å². The van der Waals surface area contributed by atoms with Crippen molar-refractivity contribution in [3.8, 4) is 11.4 Å². The Balaban J connectivity index is 1.34.